The van der Waals surface area contributed by atoms with Gasteiger partial charge in [0, 0.05) is 11.8 Å². The zero-order valence-corrected chi connectivity index (χ0v) is 14.1. The molecule has 0 aliphatic heterocycles. The smallest absolute Gasteiger partial charge is 0.307 e. The van der Waals surface area contributed by atoms with Gasteiger partial charge < -0.3 is 4.74 Å². The number of nitrogens with zero attached hydrogens (tertiary/aromatic N) is 1. The first-order valence-electron chi connectivity index (χ1n) is 6.92. The molecule has 1 heterocycles. The Kier molecular flexibility index (Phi) is 5.74. The highest BCUT2D eigenvalue weighted by Crippen LogP contribution is 2.13. The van der Waals surface area contributed by atoms with Gasteiger partial charge in [-0.2, -0.15) is 0 Å². The van der Waals surface area contributed by atoms with E-state index in [9.17, 15) is 13.2 Å². The fourth-order valence-corrected chi connectivity index (χ4v) is 3.14. The van der Waals surface area contributed by atoms with Crippen molar-refractivity contribution in [2.45, 2.75) is 24.8 Å². The molecular formula is C16H16ClNO4S. The van der Waals surface area contributed by atoms with Crippen LogP contribution in [0.3, 0.4) is 0 Å². The van der Waals surface area contributed by atoms with Crippen molar-refractivity contribution in [3.8, 4) is 0 Å². The van der Waals surface area contributed by atoms with Crippen molar-refractivity contribution in [1.82, 2.24) is 4.98 Å². The topological polar surface area (TPSA) is 73.3 Å². The van der Waals surface area contributed by atoms with Crippen LogP contribution >= 0.6 is 11.6 Å². The van der Waals surface area contributed by atoms with Gasteiger partial charge in [-0.05, 0) is 25.1 Å². The van der Waals surface area contributed by atoms with E-state index in [1.807, 2.05) is 6.92 Å². The van der Waals surface area contributed by atoms with Crippen molar-refractivity contribution >= 4 is 27.4 Å². The molecule has 7 heteroatoms. The molecule has 0 N–H and O–H groups in total. The molecule has 122 valence electrons. The van der Waals surface area contributed by atoms with Crippen molar-refractivity contribution in [2.24, 2.45) is 0 Å². The number of rotatable bonds is 6. The molecule has 0 fully saturated rings. The Balaban J connectivity index is 1.86. The van der Waals surface area contributed by atoms with E-state index in [0.29, 0.717) is 10.7 Å². The van der Waals surface area contributed by atoms with E-state index in [-0.39, 0.29) is 23.7 Å². The normalized spacial score (nSPS) is 11.2. The number of pyridine rings is 1. The van der Waals surface area contributed by atoms with Gasteiger partial charge >= 0.3 is 5.97 Å². The molecule has 0 amide bonds. The van der Waals surface area contributed by atoms with Crippen molar-refractivity contribution in [2.75, 3.05) is 5.75 Å². The third-order valence-corrected chi connectivity index (χ3v) is 5.10. The SMILES string of the molecule is Cc1ccc(S(=O)(=O)CCC(=O)OCc2ccc(Cl)nc2)cc1. The summed E-state index contributed by atoms with van der Waals surface area (Å²) in [4.78, 5) is 15.8. The minimum absolute atomic E-state index is 0.0353. The standard InChI is InChI=1S/C16H16ClNO4S/c1-12-2-5-14(6-3-12)23(20,21)9-8-16(19)22-11-13-4-7-15(17)18-10-13/h2-7,10H,8-9,11H2,1H3. The number of aryl methyl sites for hydroxylation is 1. The minimum Gasteiger partial charge on any atom is -0.461 e. The van der Waals surface area contributed by atoms with Gasteiger partial charge in [0.25, 0.3) is 0 Å². The summed E-state index contributed by atoms with van der Waals surface area (Å²) in [6.45, 7) is 1.91. The monoisotopic (exact) mass is 353 g/mol. The Morgan fingerprint density at radius 2 is 1.87 bits per heavy atom. The Morgan fingerprint density at radius 3 is 2.48 bits per heavy atom. The van der Waals surface area contributed by atoms with Gasteiger partial charge in [-0.1, -0.05) is 35.4 Å². The maximum absolute atomic E-state index is 12.1. The summed E-state index contributed by atoms with van der Waals surface area (Å²) in [6.07, 6.45) is 1.30. The van der Waals surface area contributed by atoms with Crippen LogP contribution in [0, 0.1) is 6.92 Å². The molecular weight excluding hydrogens is 338 g/mol. The van der Waals surface area contributed by atoms with E-state index < -0.39 is 15.8 Å². The highest BCUT2D eigenvalue weighted by Gasteiger charge is 2.17. The quantitative estimate of drug-likeness (QED) is 0.589. The molecule has 0 unspecified atom stereocenters. The van der Waals surface area contributed by atoms with Gasteiger partial charge in [0.15, 0.2) is 9.84 Å². The van der Waals surface area contributed by atoms with E-state index in [1.165, 1.54) is 18.3 Å². The van der Waals surface area contributed by atoms with E-state index in [2.05, 4.69) is 4.98 Å². The maximum Gasteiger partial charge on any atom is 0.307 e. The molecule has 1 aromatic carbocycles. The lowest BCUT2D eigenvalue weighted by atomic mass is 10.2. The number of hydrogen-bond acceptors (Lipinski definition) is 5. The number of halogens is 1. The zero-order chi connectivity index (χ0) is 16.9. The molecule has 23 heavy (non-hydrogen) atoms. The number of ether oxygens (including phenoxy) is 1. The number of esters is 1. The van der Waals surface area contributed by atoms with E-state index in [0.717, 1.165) is 5.56 Å². The number of sulfone groups is 1. The Hall–Kier alpha value is -1.92. The summed E-state index contributed by atoms with van der Waals surface area (Å²) in [5.74, 6) is -0.857. The number of aromatic nitrogens is 1. The van der Waals surface area contributed by atoms with Gasteiger partial charge in [-0.25, -0.2) is 13.4 Å². The molecule has 0 spiro atoms. The number of carbonyl (C=O) groups excluding carboxylic acids is 1. The van der Waals surface area contributed by atoms with Crippen LogP contribution in [0.1, 0.15) is 17.5 Å². The largest absolute Gasteiger partial charge is 0.461 e. The molecule has 0 aliphatic rings. The van der Waals surface area contributed by atoms with Gasteiger partial charge in [0.05, 0.1) is 17.1 Å². The van der Waals surface area contributed by atoms with Crippen LogP contribution in [0.4, 0.5) is 0 Å². The zero-order valence-electron chi connectivity index (χ0n) is 12.5. The van der Waals surface area contributed by atoms with Crippen LogP contribution in [0.25, 0.3) is 0 Å². The highest BCUT2D eigenvalue weighted by atomic mass is 35.5. The molecule has 0 aliphatic carbocycles. The van der Waals surface area contributed by atoms with Crippen LogP contribution < -0.4 is 0 Å². The first-order valence-corrected chi connectivity index (χ1v) is 8.95. The third-order valence-electron chi connectivity index (χ3n) is 3.14. The Morgan fingerprint density at radius 1 is 1.17 bits per heavy atom. The van der Waals surface area contributed by atoms with Crippen LogP contribution in [-0.2, 0) is 26.0 Å². The van der Waals surface area contributed by atoms with Crippen LogP contribution in [0.15, 0.2) is 47.5 Å². The van der Waals surface area contributed by atoms with Gasteiger partial charge in [0.1, 0.15) is 11.8 Å². The summed E-state index contributed by atoms with van der Waals surface area (Å²) in [7, 11) is -3.49. The van der Waals surface area contributed by atoms with Gasteiger partial charge in [-0.3, -0.25) is 4.79 Å². The summed E-state index contributed by atoms with van der Waals surface area (Å²) in [6, 6.07) is 9.79. The highest BCUT2D eigenvalue weighted by molar-refractivity contribution is 7.91. The predicted molar refractivity (Wildman–Crippen MR) is 86.9 cm³/mol. The second-order valence-electron chi connectivity index (χ2n) is 5.03. The lowest BCUT2D eigenvalue weighted by Gasteiger charge is -2.06. The van der Waals surface area contributed by atoms with Crippen molar-refractivity contribution in [3.05, 3.63) is 58.9 Å². The van der Waals surface area contributed by atoms with E-state index in [1.54, 1.807) is 24.3 Å². The molecule has 2 rings (SSSR count). The Bertz CT molecular complexity index is 771. The maximum atomic E-state index is 12.1. The van der Waals surface area contributed by atoms with Crippen LogP contribution in [-0.4, -0.2) is 25.1 Å². The fraction of sp³-hybridized carbons (Fsp3) is 0.250. The average Bonchev–Trinajstić information content (AvgIpc) is 2.53. The van der Waals surface area contributed by atoms with Crippen molar-refractivity contribution in [1.29, 1.82) is 0 Å². The Labute approximate surface area is 140 Å². The van der Waals surface area contributed by atoms with Crippen molar-refractivity contribution < 1.29 is 17.9 Å². The number of carbonyl (C=O) groups is 1. The second kappa shape index (κ2) is 7.57. The van der Waals surface area contributed by atoms with Gasteiger partial charge in [-0.15, -0.1) is 0 Å². The first-order chi connectivity index (χ1) is 10.9. The number of hydrogen-bond donors (Lipinski definition) is 0. The lowest BCUT2D eigenvalue weighted by molar-refractivity contribution is -0.144. The summed E-state index contributed by atoms with van der Waals surface area (Å²) >= 11 is 5.66. The summed E-state index contributed by atoms with van der Waals surface area (Å²) in [5, 5.41) is 0.351. The fourth-order valence-electron chi connectivity index (χ4n) is 1.81. The molecule has 0 atom stereocenters. The molecule has 0 radical (unpaired) electrons. The lowest BCUT2D eigenvalue weighted by Crippen LogP contribution is -2.13. The predicted octanol–water partition coefficient (Wildman–Crippen LogP) is 2.95. The van der Waals surface area contributed by atoms with E-state index in [4.69, 9.17) is 16.3 Å². The van der Waals surface area contributed by atoms with Crippen LogP contribution in [0.2, 0.25) is 5.15 Å². The molecule has 1 aromatic heterocycles. The molecule has 0 saturated carbocycles. The average molecular weight is 354 g/mol. The molecule has 0 bridgehead atoms. The molecule has 2 aromatic rings. The molecule has 0 saturated heterocycles. The van der Waals surface area contributed by atoms with Crippen molar-refractivity contribution in [3.63, 3.8) is 0 Å². The summed E-state index contributed by atoms with van der Waals surface area (Å²) in [5.41, 5.74) is 1.66. The summed E-state index contributed by atoms with van der Waals surface area (Å²) < 4.78 is 29.3. The van der Waals surface area contributed by atoms with Gasteiger partial charge in [0.2, 0.25) is 0 Å². The second-order valence-corrected chi connectivity index (χ2v) is 7.53. The first kappa shape index (κ1) is 17.4. The molecule has 5 nitrogen and oxygen atoms in total. The minimum atomic E-state index is -3.49. The third kappa shape index (κ3) is 5.33. The number of benzene rings is 1. The van der Waals surface area contributed by atoms with Crippen LogP contribution in [0.5, 0.6) is 0 Å². The van der Waals surface area contributed by atoms with E-state index >= 15 is 0 Å².